The molecule has 3 aromatic rings. The van der Waals surface area contributed by atoms with Gasteiger partial charge in [0.25, 0.3) is 0 Å². The van der Waals surface area contributed by atoms with E-state index in [2.05, 4.69) is 35.3 Å². The average molecular weight is 351 g/mol. The van der Waals surface area contributed by atoms with Crippen LogP contribution in [0.1, 0.15) is 24.1 Å². The molecule has 2 aromatic carbocycles. The summed E-state index contributed by atoms with van der Waals surface area (Å²) in [6, 6.07) is 16.4. The lowest BCUT2D eigenvalue weighted by atomic mass is 9.99. The van der Waals surface area contributed by atoms with Gasteiger partial charge in [-0.05, 0) is 37.1 Å². The number of rotatable bonds is 4. The maximum absolute atomic E-state index is 12.4. The molecule has 1 saturated heterocycles. The molecule has 1 aliphatic heterocycles. The number of amides is 1. The van der Waals surface area contributed by atoms with Crippen LogP contribution in [0, 0.1) is 12.8 Å². The molecular formula is C20H21N3OS. The number of nitrogens with one attached hydrogen (secondary N) is 1. The van der Waals surface area contributed by atoms with Crippen molar-refractivity contribution in [2.24, 2.45) is 5.92 Å². The highest BCUT2D eigenvalue weighted by Crippen LogP contribution is 2.33. The van der Waals surface area contributed by atoms with Gasteiger partial charge in [-0.1, -0.05) is 47.7 Å². The summed E-state index contributed by atoms with van der Waals surface area (Å²) in [6.07, 6.45) is 0. The van der Waals surface area contributed by atoms with Crippen LogP contribution in [0.3, 0.4) is 0 Å². The second-order valence-corrected chi connectivity index (χ2v) is 7.72. The van der Waals surface area contributed by atoms with E-state index in [1.54, 1.807) is 11.3 Å². The van der Waals surface area contributed by atoms with Gasteiger partial charge < -0.3 is 10.2 Å². The SMILES string of the molecule is Cc1ccc2nc(N3CC(C(=O)N[C@H](C)c4ccccc4)C3)sc2c1. The normalized spacial score (nSPS) is 15.8. The first-order valence-electron chi connectivity index (χ1n) is 8.57. The van der Waals surface area contributed by atoms with Gasteiger partial charge in [-0.25, -0.2) is 4.98 Å². The topological polar surface area (TPSA) is 45.2 Å². The maximum Gasteiger partial charge on any atom is 0.227 e. The van der Waals surface area contributed by atoms with Crippen molar-refractivity contribution >= 4 is 32.6 Å². The largest absolute Gasteiger partial charge is 0.349 e. The van der Waals surface area contributed by atoms with Crippen LogP contribution in [0.4, 0.5) is 5.13 Å². The van der Waals surface area contributed by atoms with Gasteiger partial charge in [-0.2, -0.15) is 0 Å². The molecule has 1 fully saturated rings. The number of fused-ring (bicyclic) bond motifs is 1. The second kappa shape index (κ2) is 6.48. The Morgan fingerprint density at radius 1 is 1.24 bits per heavy atom. The number of aryl methyl sites for hydroxylation is 1. The minimum Gasteiger partial charge on any atom is -0.349 e. The Kier molecular flexibility index (Phi) is 4.17. The highest BCUT2D eigenvalue weighted by Gasteiger charge is 2.34. The number of thiazole rings is 1. The van der Waals surface area contributed by atoms with Crippen LogP contribution in [-0.4, -0.2) is 24.0 Å². The van der Waals surface area contributed by atoms with Gasteiger partial charge in [0.05, 0.1) is 22.2 Å². The highest BCUT2D eigenvalue weighted by atomic mass is 32.1. The predicted octanol–water partition coefficient (Wildman–Crippen LogP) is 3.92. The first kappa shape index (κ1) is 16.1. The summed E-state index contributed by atoms with van der Waals surface area (Å²) in [7, 11) is 0. The van der Waals surface area contributed by atoms with Crippen LogP contribution in [0.25, 0.3) is 10.2 Å². The molecular weight excluding hydrogens is 330 g/mol. The van der Waals surface area contributed by atoms with Crippen LogP contribution in [0.2, 0.25) is 0 Å². The molecule has 4 nitrogen and oxygen atoms in total. The molecule has 5 heteroatoms. The number of benzene rings is 2. The number of anilines is 1. The predicted molar refractivity (Wildman–Crippen MR) is 103 cm³/mol. The third-order valence-corrected chi connectivity index (χ3v) is 5.79. The third-order valence-electron chi connectivity index (χ3n) is 4.71. The average Bonchev–Trinajstić information content (AvgIpc) is 2.96. The van der Waals surface area contributed by atoms with E-state index >= 15 is 0 Å². The maximum atomic E-state index is 12.4. The molecule has 0 spiro atoms. The lowest BCUT2D eigenvalue weighted by molar-refractivity contribution is -0.126. The second-order valence-electron chi connectivity index (χ2n) is 6.71. The Bertz CT molecular complexity index is 900. The number of hydrogen-bond donors (Lipinski definition) is 1. The summed E-state index contributed by atoms with van der Waals surface area (Å²) in [5, 5.41) is 4.14. The molecule has 1 aromatic heterocycles. The van der Waals surface area contributed by atoms with E-state index in [0.717, 1.165) is 29.3 Å². The fourth-order valence-corrected chi connectivity index (χ4v) is 4.19. The minimum atomic E-state index is 0.0353. The zero-order valence-electron chi connectivity index (χ0n) is 14.4. The Morgan fingerprint density at radius 3 is 2.76 bits per heavy atom. The number of aromatic nitrogens is 1. The van der Waals surface area contributed by atoms with Gasteiger partial charge in [0.15, 0.2) is 5.13 Å². The van der Waals surface area contributed by atoms with E-state index in [1.807, 2.05) is 37.3 Å². The summed E-state index contributed by atoms with van der Waals surface area (Å²) in [6.45, 7) is 5.61. The molecule has 128 valence electrons. The molecule has 1 N–H and O–H groups in total. The molecule has 1 amide bonds. The van der Waals surface area contributed by atoms with E-state index in [-0.39, 0.29) is 17.9 Å². The minimum absolute atomic E-state index is 0.0353. The highest BCUT2D eigenvalue weighted by molar-refractivity contribution is 7.22. The van der Waals surface area contributed by atoms with Gasteiger partial charge in [-0.15, -0.1) is 0 Å². The van der Waals surface area contributed by atoms with Crippen LogP contribution < -0.4 is 10.2 Å². The smallest absolute Gasteiger partial charge is 0.227 e. The molecule has 0 bridgehead atoms. The summed E-state index contributed by atoms with van der Waals surface area (Å²) < 4.78 is 1.21. The van der Waals surface area contributed by atoms with Crippen molar-refractivity contribution in [3.63, 3.8) is 0 Å². The molecule has 0 aliphatic carbocycles. The van der Waals surface area contributed by atoms with Gasteiger partial charge >= 0.3 is 0 Å². The molecule has 1 atom stereocenters. The Morgan fingerprint density at radius 2 is 2.00 bits per heavy atom. The summed E-state index contributed by atoms with van der Waals surface area (Å²) >= 11 is 1.70. The summed E-state index contributed by atoms with van der Waals surface area (Å²) in [5.41, 5.74) is 3.42. The summed E-state index contributed by atoms with van der Waals surface area (Å²) in [5.74, 6) is 0.171. The first-order valence-corrected chi connectivity index (χ1v) is 9.39. The molecule has 1 aliphatic rings. The van der Waals surface area contributed by atoms with Crippen molar-refractivity contribution in [1.82, 2.24) is 10.3 Å². The third kappa shape index (κ3) is 3.24. The first-order chi connectivity index (χ1) is 12.1. The number of hydrogen-bond acceptors (Lipinski definition) is 4. The van der Waals surface area contributed by atoms with Crippen molar-refractivity contribution in [1.29, 1.82) is 0 Å². The zero-order chi connectivity index (χ0) is 17.4. The van der Waals surface area contributed by atoms with Crippen LogP contribution >= 0.6 is 11.3 Å². The van der Waals surface area contributed by atoms with E-state index in [1.165, 1.54) is 10.3 Å². The number of carbonyl (C=O) groups excluding carboxylic acids is 1. The van der Waals surface area contributed by atoms with Gasteiger partial charge in [0, 0.05) is 13.1 Å². The fraction of sp³-hybridized carbons (Fsp3) is 0.300. The van der Waals surface area contributed by atoms with Crippen LogP contribution in [-0.2, 0) is 4.79 Å². The van der Waals surface area contributed by atoms with Gasteiger partial charge in [0.2, 0.25) is 5.91 Å². The quantitative estimate of drug-likeness (QED) is 0.775. The number of nitrogens with zero attached hydrogens (tertiary/aromatic N) is 2. The van der Waals surface area contributed by atoms with Crippen molar-refractivity contribution in [3.8, 4) is 0 Å². The molecule has 0 unspecified atom stereocenters. The zero-order valence-corrected chi connectivity index (χ0v) is 15.2. The molecule has 4 rings (SSSR count). The molecule has 25 heavy (non-hydrogen) atoms. The van der Waals surface area contributed by atoms with Crippen LogP contribution in [0.5, 0.6) is 0 Å². The molecule has 2 heterocycles. The van der Waals surface area contributed by atoms with Gasteiger partial charge in [0.1, 0.15) is 0 Å². The molecule has 0 saturated carbocycles. The van der Waals surface area contributed by atoms with E-state index in [0.29, 0.717) is 0 Å². The van der Waals surface area contributed by atoms with Crippen molar-refractivity contribution in [2.45, 2.75) is 19.9 Å². The number of carbonyl (C=O) groups is 1. The Balaban J connectivity index is 1.37. The standard InChI is InChI=1S/C20H21N3OS/c1-13-8-9-17-18(10-13)25-20(22-17)23-11-16(12-23)19(24)21-14(2)15-6-4-3-5-7-15/h3-10,14,16H,11-12H2,1-2H3,(H,21,24)/t14-/m1/s1. The lowest BCUT2D eigenvalue weighted by Gasteiger charge is -2.38. The summed E-state index contributed by atoms with van der Waals surface area (Å²) in [4.78, 5) is 19.3. The van der Waals surface area contributed by atoms with E-state index < -0.39 is 0 Å². The van der Waals surface area contributed by atoms with Crippen molar-refractivity contribution in [2.75, 3.05) is 18.0 Å². The monoisotopic (exact) mass is 351 g/mol. The molecule has 0 radical (unpaired) electrons. The Labute approximate surface area is 151 Å². The van der Waals surface area contributed by atoms with Crippen molar-refractivity contribution in [3.05, 3.63) is 59.7 Å². The van der Waals surface area contributed by atoms with Crippen molar-refractivity contribution < 1.29 is 4.79 Å². The van der Waals surface area contributed by atoms with E-state index in [4.69, 9.17) is 4.98 Å². The Hall–Kier alpha value is -2.40. The fourth-order valence-electron chi connectivity index (χ4n) is 3.11. The van der Waals surface area contributed by atoms with E-state index in [9.17, 15) is 4.79 Å². The van der Waals surface area contributed by atoms with Gasteiger partial charge in [-0.3, -0.25) is 4.79 Å². The lowest BCUT2D eigenvalue weighted by Crippen LogP contribution is -2.54. The van der Waals surface area contributed by atoms with Crippen LogP contribution in [0.15, 0.2) is 48.5 Å².